The first-order valence-electron chi connectivity index (χ1n) is 5.53. The van der Waals surface area contributed by atoms with Gasteiger partial charge in [0.25, 0.3) is 0 Å². The molecule has 0 aliphatic carbocycles. The summed E-state index contributed by atoms with van der Waals surface area (Å²) in [5.41, 5.74) is 0. The van der Waals surface area contributed by atoms with Crippen molar-refractivity contribution in [3.8, 4) is 11.8 Å². The standard InChI is InChI=1S/C13H22O3/c1-6-7-11(3)13(16-5)12(15-4)8-10(2)9-14/h9-13H,8H2,1-5H3/t10-,11-,12-,13+/m0/s1. The number of rotatable bonds is 7. The molecule has 4 atom stereocenters. The van der Waals surface area contributed by atoms with Crippen LogP contribution in [0.25, 0.3) is 0 Å². The van der Waals surface area contributed by atoms with E-state index in [1.165, 1.54) is 0 Å². The molecule has 0 aliphatic rings. The second kappa shape index (κ2) is 8.32. The molecule has 16 heavy (non-hydrogen) atoms. The molecule has 0 N–H and O–H groups in total. The fraction of sp³-hybridized carbons (Fsp3) is 0.769. The van der Waals surface area contributed by atoms with Crippen molar-refractivity contribution < 1.29 is 14.3 Å². The van der Waals surface area contributed by atoms with Crippen LogP contribution in [0.15, 0.2) is 0 Å². The third-order valence-corrected chi connectivity index (χ3v) is 2.64. The smallest absolute Gasteiger partial charge is 0.122 e. The molecule has 0 rings (SSSR count). The minimum absolute atomic E-state index is 0.0237. The van der Waals surface area contributed by atoms with Gasteiger partial charge in [0.05, 0.1) is 12.2 Å². The van der Waals surface area contributed by atoms with Gasteiger partial charge in [0.1, 0.15) is 6.29 Å². The van der Waals surface area contributed by atoms with Gasteiger partial charge in [0.2, 0.25) is 0 Å². The normalized spacial score (nSPS) is 17.8. The Bertz CT molecular complexity index is 252. The lowest BCUT2D eigenvalue weighted by molar-refractivity contribution is -0.113. The Morgan fingerprint density at radius 1 is 1.25 bits per heavy atom. The van der Waals surface area contributed by atoms with E-state index in [0.717, 1.165) is 6.29 Å². The summed E-state index contributed by atoms with van der Waals surface area (Å²) < 4.78 is 10.8. The number of aldehydes is 1. The van der Waals surface area contributed by atoms with Crippen LogP contribution in [-0.4, -0.2) is 32.7 Å². The molecule has 0 heterocycles. The largest absolute Gasteiger partial charge is 0.379 e. The maximum Gasteiger partial charge on any atom is 0.122 e. The van der Waals surface area contributed by atoms with E-state index in [1.54, 1.807) is 21.1 Å². The Balaban J connectivity index is 4.58. The van der Waals surface area contributed by atoms with E-state index in [0.29, 0.717) is 6.42 Å². The molecular weight excluding hydrogens is 204 g/mol. The Labute approximate surface area is 98.5 Å². The number of hydrogen-bond donors (Lipinski definition) is 0. The number of carbonyl (C=O) groups excluding carboxylic acids is 1. The van der Waals surface area contributed by atoms with Gasteiger partial charge in [-0.3, -0.25) is 0 Å². The van der Waals surface area contributed by atoms with Gasteiger partial charge in [0, 0.05) is 26.1 Å². The van der Waals surface area contributed by atoms with Crippen molar-refractivity contribution in [3.63, 3.8) is 0 Å². The Hall–Kier alpha value is -0.850. The second-order valence-electron chi connectivity index (χ2n) is 4.01. The lowest BCUT2D eigenvalue weighted by atomic mass is 9.93. The number of carbonyl (C=O) groups is 1. The maximum atomic E-state index is 10.6. The molecule has 0 bridgehead atoms. The third kappa shape index (κ3) is 4.78. The van der Waals surface area contributed by atoms with Gasteiger partial charge >= 0.3 is 0 Å². The molecule has 0 aromatic carbocycles. The van der Waals surface area contributed by atoms with Crippen molar-refractivity contribution in [2.45, 2.75) is 39.4 Å². The van der Waals surface area contributed by atoms with Gasteiger partial charge in [-0.05, 0) is 20.3 Å². The van der Waals surface area contributed by atoms with Crippen LogP contribution in [0.5, 0.6) is 0 Å². The Kier molecular flexibility index (Phi) is 7.88. The van der Waals surface area contributed by atoms with Gasteiger partial charge in [-0.25, -0.2) is 0 Å². The van der Waals surface area contributed by atoms with Crippen LogP contribution in [-0.2, 0) is 14.3 Å². The molecule has 3 heteroatoms. The van der Waals surface area contributed by atoms with Crippen LogP contribution >= 0.6 is 0 Å². The summed E-state index contributed by atoms with van der Waals surface area (Å²) in [6.07, 6.45) is 1.41. The first-order valence-corrected chi connectivity index (χ1v) is 5.53. The van der Waals surface area contributed by atoms with Crippen LogP contribution in [0.3, 0.4) is 0 Å². The molecule has 0 amide bonds. The van der Waals surface area contributed by atoms with E-state index in [4.69, 9.17) is 9.47 Å². The predicted octanol–water partition coefficient (Wildman–Crippen LogP) is 1.90. The van der Waals surface area contributed by atoms with Gasteiger partial charge in [0.15, 0.2) is 0 Å². The van der Waals surface area contributed by atoms with Crippen molar-refractivity contribution in [3.05, 3.63) is 0 Å². The summed E-state index contributed by atoms with van der Waals surface area (Å²) in [6.45, 7) is 5.68. The fourth-order valence-electron chi connectivity index (χ4n) is 1.77. The van der Waals surface area contributed by atoms with Gasteiger partial charge in [-0.1, -0.05) is 12.8 Å². The summed E-state index contributed by atoms with van der Waals surface area (Å²) in [5.74, 6) is 6.01. The molecule has 0 aromatic heterocycles. The molecule has 0 saturated carbocycles. The monoisotopic (exact) mass is 226 g/mol. The van der Waals surface area contributed by atoms with Gasteiger partial charge in [-0.2, -0.15) is 0 Å². The number of hydrogen-bond acceptors (Lipinski definition) is 3. The highest BCUT2D eigenvalue weighted by atomic mass is 16.5. The molecule has 0 saturated heterocycles. The fourth-order valence-corrected chi connectivity index (χ4v) is 1.77. The summed E-state index contributed by atoms with van der Waals surface area (Å²) in [6, 6.07) is 0. The van der Waals surface area contributed by atoms with Crippen LogP contribution in [0.4, 0.5) is 0 Å². The molecule has 0 spiro atoms. The third-order valence-electron chi connectivity index (χ3n) is 2.64. The van der Waals surface area contributed by atoms with Gasteiger partial charge < -0.3 is 14.3 Å². The molecule has 0 aliphatic heterocycles. The van der Waals surface area contributed by atoms with Crippen molar-refractivity contribution >= 4 is 6.29 Å². The summed E-state index contributed by atoms with van der Waals surface area (Å²) in [7, 11) is 3.29. The molecule has 0 unspecified atom stereocenters. The average Bonchev–Trinajstić information content (AvgIpc) is 2.28. The molecule has 0 fully saturated rings. The van der Waals surface area contributed by atoms with Crippen molar-refractivity contribution in [1.29, 1.82) is 0 Å². The summed E-state index contributed by atoms with van der Waals surface area (Å²) >= 11 is 0. The lowest BCUT2D eigenvalue weighted by Gasteiger charge is -2.28. The molecule has 92 valence electrons. The summed E-state index contributed by atoms with van der Waals surface area (Å²) in [4.78, 5) is 10.6. The van der Waals surface area contributed by atoms with Crippen molar-refractivity contribution in [1.82, 2.24) is 0 Å². The molecule has 3 nitrogen and oxygen atoms in total. The lowest BCUT2D eigenvalue weighted by Crippen LogP contribution is -2.36. The minimum Gasteiger partial charge on any atom is -0.379 e. The SMILES string of the molecule is CC#C[C@H](C)[C@@H](OC)[C@H](C[C@H](C)C=O)OC. The molecular formula is C13H22O3. The number of methoxy groups -OCH3 is 2. The highest BCUT2D eigenvalue weighted by molar-refractivity contribution is 5.52. The highest BCUT2D eigenvalue weighted by Gasteiger charge is 2.27. The van der Waals surface area contributed by atoms with Crippen LogP contribution in [0.1, 0.15) is 27.2 Å². The van der Waals surface area contributed by atoms with E-state index in [9.17, 15) is 4.79 Å². The van der Waals surface area contributed by atoms with Crippen LogP contribution in [0, 0.1) is 23.7 Å². The zero-order chi connectivity index (χ0) is 12.6. The number of ether oxygens (including phenoxy) is 2. The van der Waals surface area contributed by atoms with E-state index in [2.05, 4.69) is 11.8 Å². The van der Waals surface area contributed by atoms with Crippen LogP contribution in [0.2, 0.25) is 0 Å². The van der Waals surface area contributed by atoms with E-state index < -0.39 is 0 Å². The minimum atomic E-state index is -0.0974. The van der Waals surface area contributed by atoms with Crippen molar-refractivity contribution in [2.75, 3.05) is 14.2 Å². The average molecular weight is 226 g/mol. The quantitative estimate of drug-likeness (QED) is 0.491. The van der Waals surface area contributed by atoms with E-state index in [-0.39, 0.29) is 24.0 Å². The van der Waals surface area contributed by atoms with Gasteiger partial charge in [-0.15, -0.1) is 5.92 Å². The summed E-state index contributed by atoms with van der Waals surface area (Å²) in [5, 5.41) is 0. The topological polar surface area (TPSA) is 35.5 Å². The highest BCUT2D eigenvalue weighted by Crippen LogP contribution is 2.18. The maximum absolute atomic E-state index is 10.6. The van der Waals surface area contributed by atoms with Crippen molar-refractivity contribution in [2.24, 2.45) is 11.8 Å². The second-order valence-corrected chi connectivity index (χ2v) is 4.01. The first kappa shape index (κ1) is 15.2. The zero-order valence-electron chi connectivity index (χ0n) is 10.8. The Morgan fingerprint density at radius 3 is 2.25 bits per heavy atom. The zero-order valence-corrected chi connectivity index (χ0v) is 10.8. The van der Waals surface area contributed by atoms with E-state index in [1.807, 2.05) is 13.8 Å². The van der Waals surface area contributed by atoms with E-state index >= 15 is 0 Å². The first-order chi connectivity index (χ1) is 7.60. The molecule has 0 radical (unpaired) electrons. The molecule has 0 aromatic rings. The Morgan fingerprint density at radius 2 is 1.88 bits per heavy atom. The predicted molar refractivity (Wildman–Crippen MR) is 64.1 cm³/mol. The van der Waals surface area contributed by atoms with Crippen LogP contribution < -0.4 is 0 Å².